The molecule has 0 aromatic rings. The van der Waals surface area contributed by atoms with Crippen molar-refractivity contribution in [2.45, 2.75) is 46.5 Å². The summed E-state index contributed by atoms with van der Waals surface area (Å²) in [4.78, 5) is 0. The Morgan fingerprint density at radius 1 is 1.00 bits per heavy atom. The fourth-order valence-corrected chi connectivity index (χ4v) is 3.31. The second kappa shape index (κ2) is 2.24. The number of rotatable bonds is 0. The zero-order valence-electron chi connectivity index (χ0n) is 8.06. The maximum absolute atomic E-state index is 2.42. The van der Waals surface area contributed by atoms with Crippen molar-refractivity contribution in [2.75, 3.05) is 0 Å². The predicted octanol–water partition coefficient (Wildman–Crippen LogP) is 3.47. The van der Waals surface area contributed by atoms with Crippen LogP contribution in [0.1, 0.15) is 46.5 Å². The second-order valence-corrected chi connectivity index (χ2v) is 5.65. The van der Waals surface area contributed by atoms with E-state index in [1.165, 1.54) is 19.3 Å². The van der Waals surface area contributed by atoms with Crippen LogP contribution in [0.3, 0.4) is 0 Å². The maximum Gasteiger partial charge on any atom is -0.0334 e. The van der Waals surface area contributed by atoms with Gasteiger partial charge in [-0.1, -0.05) is 27.2 Å². The van der Waals surface area contributed by atoms with Crippen molar-refractivity contribution < 1.29 is 0 Å². The lowest BCUT2D eigenvalue weighted by Crippen LogP contribution is -2.25. The molecular weight excluding hydrogens is 132 g/mol. The van der Waals surface area contributed by atoms with Crippen molar-refractivity contribution >= 4 is 0 Å². The fraction of sp³-hybridized carbons (Fsp3) is 1.00. The van der Waals surface area contributed by atoms with E-state index in [2.05, 4.69) is 20.8 Å². The summed E-state index contributed by atoms with van der Waals surface area (Å²) in [5.41, 5.74) is 0.583. The highest BCUT2D eigenvalue weighted by Gasteiger charge is 2.44. The molecule has 2 saturated carbocycles. The molecule has 0 N–H and O–H groups in total. The maximum atomic E-state index is 2.42. The van der Waals surface area contributed by atoms with E-state index in [0.717, 1.165) is 17.8 Å². The minimum absolute atomic E-state index is 0.583. The summed E-state index contributed by atoms with van der Waals surface area (Å²) in [7, 11) is 0. The standard InChI is InChI=1S/C11H20/c1-11(2,3)10-7-8-4-5-9(10)6-8/h8-10H,4-7H2,1-3H3/t8-,9+,10+/m1/s1. The molecule has 2 aliphatic rings. The Labute approximate surface area is 70.4 Å². The first kappa shape index (κ1) is 7.64. The van der Waals surface area contributed by atoms with Gasteiger partial charge in [0.25, 0.3) is 0 Å². The highest BCUT2D eigenvalue weighted by Crippen LogP contribution is 2.54. The minimum atomic E-state index is 0.583. The highest BCUT2D eigenvalue weighted by molar-refractivity contribution is 4.94. The third kappa shape index (κ3) is 1.21. The molecule has 2 bridgehead atoms. The van der Waals surface area contributed by atoms with E-state index in [-0.39, 0.29) is 0 Å². The van der Waals surface area contributed by atoms with Gasteiger partial charge in [0.15, 0.2) is 0 Å². The zero-order chi connectivity index (χ0) is 8.06. The number of hydrogen-bond acceptors (Lipinski definition) is 0. The van der Waals surface area contributed by atoms with Crippen LogP contribution in [0.2, 0.25) is 0 Å². The van der Waals surface area contributed by atoms with E-state index < -0.39 is 0 Å². The molecular formula is C11H20. The van der Waals surface area contributed by atoms with Crippen molar-refractivity contribution in [3.63, 3.8) is 0 Å². The fourth-order valence-electron chi connectivity index (χ4n) is 3.31. The van der Waals surface area contributed by atoms with Crippen molar-refractivity contribution in [3.8, 4) is 0 Å². The van der Waals surface area contributed by atoms with Crippen molar-refractivity contribution in [3.05, 3.63) is 0 Å². The summed E-state index contributed by atoms with van der Waals surface area (Å²) in [5, 5.41) is 0. The third-order valence-electron chi connectivity index (χ3n) is 3.85. The van der Waals surface area contributed by atoms with E-state index in [4.69, 9.17) is 0 Å². The lowest BCUT2D eigenvalue weighted by atomic mass is 9.72. The Morgan fingerprint density at radius 3 is 2.00 bits per heavy atom. The molecule has 11 heavy (non-hydrogen) atoms. The van der Waals surface area contributed by atoms with Crippen LogP contribution in [0, 0.1) is 23.2 Å². The van der Waals surface area contributed by atoms with Gasteiger partial charge < -0.3 is 0 Å². The summed E-state index contributed by atoms with van der Waals surface area (Å²) in [6, 6.07) is 0. The molecule has 2 aliphatic carbocycles. The SMILES string of the molecule is CC(C)(C)[C@H]1C[C@@H]2CC[C@H]1C2. The van der Waals surface area contributed by atoms with Crippen LogP contribution in [0.15, 0.2) is 0 Å². The normalized spacial score (nSPS) is 43.4. The Kier molecular flexibility index (Phi) is 1.56. The summed E-state index contributed by atoms with van der Waals surface area (Å²) in [6.45, 7) is 7.25. The van der Waals surface area contributed by atoms with Crippen molar-refractivity contribution in [1.82, 2.24) is 0 Å². The molecule has 3 atom stereocenters. The molecule has 0 spiro atoms. The lowest BCUT2D eigenvalue weighted by Gasteiger charge is -2.34. The first-order chi connectivity index (χ1) is 5.07. The Bertz CT molecular complexity index is 152. The highest BCUT2D eigenvalue weighted by atomic mass is 14.5. The summed E-state index contributed by atoms with van der Waals surface area (Å²) < 4.78 is 0. The van der Waals surface area contributed by atoms with Gasteiger partial charge in [0.1, 0.15) is 0 Å². The van der Waals surface area contributed by atoms with Gasteiger partial charge >= 0.3 is 0 Å². The van der Waals surface area contributed by atoms with Crippen molar-refractivity contribution in [1.29, 1.82) is 0 Å². The van der Waals surface area contributed by atoms with E-state index in [1.807, 2.05) is 0 Å². The molecule has 2 fully saturated rings. The molecule has 0 saturated heterocycles. The average molecular weight is 152 g/mol. The molecule has 0 aliphatic heterocycles. The van der Waals surface area contributed by atoms with Crippen LogP contribution in [-0.4, -0.2) is 0 Å². The first-order valence-electron chi connectivity index (χ1n) is 5.07. The quantitative estimate of drug-likeness (QED) is 0.498. The van der Waals surface area contributed by atoms with Gasteiger partial charge in [-0.2, -0.15) is 0 Å². The van der Waals surface area contributed by atoms with Gasteiger partial charge in [-0.25, -0.2) is 0 Å². The van der Waals surface area contributed by atoms with E-state index >= 15 is 0 Å². The molecule has 2 rings (SSSR count). The number of fused-ring (bicyclic) bond motifs is 2. The van der Waals surface area contributed by atoms with E-state index in [0.29, 0.717) is 5.41 Å². The van der Waals surface area contributed by atoms with Crippen LogP contribution in [0.4, 0.5) is 0 Å². The predicted molar refractivity (Wildman–Crippen MR) is 48.4 cm³/mol. The van der Waals surface area contributed by atoms with Crippen molar-refractivity contribution in [2.24, 2.45) is 23.2 Å². The van der Waals surface area contributed by atoms with Crippen LogP contribution < -0.4 is 0 Å². The molecule has 0 amide bonds. The first-order valence-corrected chi connectivity index (χ1v) is 5.07. The lowest BCUT2D eigenvalue weighted by molar-refractivity contribution is 0.161. The van der Waals surface area contributed by atoms with Crippen LogP contribution in [-0.2, 0) is 0 Å². The summed E-state index contributed by atoms with van der Waals surface area (Å²) >= 11 is 0. The monoisotopic (exact) mass is 152 g/mol. The minimum Gasteiger partial charge on any atom is -0.0599 e. The van der Waals surface area contributed by atoms with Gasteiger partial charge in [0, 0.05) is 0 Å². The smallest absolute Gasteiger partial charge is 0.0334 e. The van der Waals surface area contributed by atoms with Gasteiger partial charge in [-0.3, -0.25) is 0 Å². The van der Waals surface area contributed by atoms with Gasteiger partial charge in [0.2, 0.25) is 0 Å². The molecule has 0 aromatic carbocycles. The topological polar surface area (TPSA) is 0 Å². The zero-order valence-corrected chi connectivity index (χ0v) is 8.06. The summed E-state index contributed by atoms with van der Waals surface area (Å²) in [5.74, 6) is 3.26. The van der Waals surface area contributed by atoms with Crippen LogP contribution in [0.25, 0.3) is 0 Å². The van der Waals surface area contributed by atoms with E-state index in [1.54, 1.807) is 6.42 Å². The van der Waals surface area contributed by atoms with Gasteiger partial charge in [-0.05, 0) is 42.4 Å². The molecule has 64 valence electrons. The molecule has 0 aromatic heterocycles. The molecule has 0 heterocycles. The van der Waals surface area contributed by atoms with Crippen LogP contribution >= 0.6 is 0 Å². The Hall–Kier alpha value is 0. The summed E-state index contributed by atoms with van der Waals surface area (Å²) in [6.07, 6.45) is 6.17. The van der Waals surface area contributed by atoms with Gasteiger partial charge in [-0.15, -0.1) is 0 Å². The van der Waals surface area contributed by atoms with Gasteiger partial charge in [0.05, 0.1) is 0 Å². The number of hydrogen-bond donors (Lipinski definition) is 0. The largest absolute Gasteiger partial charge is 0.0599 e. The third-order valence-corrected chi connectivity index (χ3v) is 3.85. The average Bonchev–Trinajstić information content (AvgIpc) is 2.42. The van der Waals surface area contributed by atoms with Crippen LogP contribution in [0.5, 0.6) is 0 Å². The molecule has 0 radical (unpaired) electrons. The molecule has 0 unspecified atom stereocenters. The second-order valence-electron chi connectivity index (χ2n) is 5.65. The Morgan fingerprint density at radius 2 is 1.73 bits per heavy atom. The Balaban J connectivity index is 2.08. The molecule has 0 heteroatoms. The molecule has 0 nitrogen and oxygen atoms in total. The van der Waals surface area contributed by atoms with E-state index in [9.17, 15) is 0 Å².